The van der Waals surface area contributed by atoms with Crippen molar-refractivity contribution in [1.82, 2.24) is 10.2 Å². The van der Waals surface area contributed by atoms with E-state index in [4.69, 9.17) is 0 Å². The Morgan fingerprint density at radius 3 is 2.61 bits per heavy atom. The third kappa shape index (κ3) is 2.65. The molecule has 0 aliphatic heterocycles. The van der Waals surface area contributed by atoms with Crippen LogP contribution >= 0.6 is 0 Å². The van der Waals surface area contributed by atoms with Crippen molar-refractivity contribution in [3.8, 4) is 5.75 Å². The van der Waals surface area contributed by atoms with Crippen molar-refractivity contribution in [2.45, 2.75) is 12.8 Å². The molecule has 2 aromatic rings. The monoisotopic (exact) mass is 250 g/mol. The molecule has 1 aromatic carbocycles. The van der Waals surface area contributed by atoms with Gasteiger partial charge in [0.1, 0.15) is 11.6 Å². The Kier molecular flexibility index (Phi) is 3.27. The molecule has 0 saturated heterocycles. The maximum absolute atomic E-state index is 13.0. The number of hydrogen-bond acceptors (Lipinski definition) is 3. The first kappa shape index (κ1) is 12.1. The van der Waals surface area contributed by atoms with Gasteiger partial charge in [-0.3, -0.25) is 14.7 Å². The molecule has 0 radical (unpaired) electrons. The summed E-state index contributed by atoms with van der Waals surface area (Å²) in [5.41, 5.74) is -0.384. The summed E-state index contributed by atoms with van der Waals surface area (Å²) >= 11 is 0. The van der Waals surface area contributed by atoms with Gasteiger partial charge >= 0.3 is 5.56 Å². The van der Waals surface area contributed by atoms with E-state index in [9.17, 15) is 19.1 Å². The fraction of sp³-hybridized carbons (Fsp3) is 0.167. The lowest BCUT2D eigenvalue weighted by atomic mass is 10.1. The highest BCUT2D eigenvalue weighted by Gasteiger charge is 2.04. The Bertz CT molecular complexity index is 676. The number of halogens is 1. The molecule has 1 aromatic heterocycles. The lowest BCUT2D eigenvalue weighted by molar-refractivity contribution is 0.465. The number of rotatable bonds is 3. The van der Waals surface area contributed by atoms with Gasteiger partial charge in [0.05, 0.1) is 0 Å². The molecular weight excluding hydrogens is 239 g/mol. The van der Waals surface area contributed by atoms with Crippen molar-refractivity contribution in [2.24, 2.45) is 0 Å². The summed E-state index contributed by atoms with van der Waals surface area (Å²) < 4.78 is 13.0. The first-order valence-electron chi connectivity index (χ1n) is 5.34. The predicted octanol–water partition coefficient (Wildman–Crippen LogP) is 0.693. The van der Waals surface area contributed by atoms with Crippen LogP contribution in [0.4, 0.5) is 4.39 Å². The smallest absolute Gasteiger partial charge is 0.310 e. The van der Waals surface area contributed by atoms with E-state index in [2.05, 4.69) is 10.2 Å². The number of phenolic OH excluding ortho intramolecular Hbond substituents is 1. The average molecular weight is 250 g/mol. The van der Waals surface area contributed by atoms with E-state index in [1.165, 1.54) is 24.3 Å². The summed E-state index contributed by atoms with van der Waals surface area (Å²) in [4.78, 5) is 22.0. The van der Waals surface area contributed by atoms with E-state index in [-0.39, 0.29) is 5.75 Å². The van der Waals surface area contributed by atoms with Crippen molar-refractivity contribution < 1.29 is 9.50 Å². The lowest BCUT2D eigenvalue weighted by Crippen LogP contribution is -2.27. The van der Waals surface area contributed by atoms with Gasteiger partial charge in [0.25, 0.3) is 0 Å². The van der Waals surface area contributed by atoms with Gasteiger partial charge in [-0.1, -0.05) is 0 Å². The Morgan fingerprint density at radius 1 is 1.11 bits per heavy atom. The largest absolute Gasteiger partial charge is 0.508 e. The Morgan fingerprint density at radius 2 is 1.89 bits per heavy atom. The Balaban J connectivity index is 2.16. The molecule has 1 heterocycles. The lowest BCUT2D eigenvalue weighted by Gasteiger charge is -2.04. The molecule has 3 N–H and O–H groups in total. The SMILES string of the molecule is O=c1cc(CCc2cc(F)ccc2O)[nH][nH]c1=O. The molecule has 0 bridgehead atoms. The molecule has 18 heavy (non-hydrogen) atoms. The van der Waals surface area contributed by atoms with Gasteiger partial charge in [0.15, 0.2) is 0 Å². The van der Waals surface area contributed by atoms with Gasteiger partial charge in [-0.15, -0.1) is 0 Å². The third-order valence-corrected chi connectivity index (χ3v) is 2.57. The molecule has 0 amide bonds. The Hall–Kier alpha value is -2.37. The van der Waals surface area contributed by atoms with Crippen LogP contribution in [-0.2, 0) is 12.8 Å². The van der Waals surface area contributed by atoms with Crippen LogP contribution in [0.25, 0.3) is 0 Å². The molecule has 0 saturated carbocycles. The fourth-order valence-corrected chi connectivity index (χ4v) is 1.62. The maximum atomic E-state index is 13.0. The minimum Gasteiger partial charge on any atom is -0.508 e. The molecule has 5 nitrogen and oxygen atoms in total. The number of aryl methyl sites for hydroxylation is 2. The van der Waals surface area contributed by atoms with Crippen LogP contribution in [0.2, 0.25) is 0 Å². The third-order valence-electron chi connectivity index (χ3n) is 2.57. The number of nitrogens with one attached hydrogen (secondary N) is 2. The van der Waals surface area contributed by atoms with Crippen molar-refractivity contribution in [3.05, 3.63) is 61.9 Å². The number of aromatic amines is 2. The summed E-state index contributed by atoms with van der Waals surface area (Å²) in [5, 5.41) is 14.3. The number of hydrogen-bond donors (Lipinski definition) is 3. The summed E-state index contributed by atoms with van der Waals surface area (Å²) in [7, 11) is 0. The second-order valence-corrected chi connectivity index (χ2v) is 3.89. The van der Waals surface area contributed by atoms with Crippen LogP contribution < -0.4 is 11.0 Å². The van der Waals surface area contributed by atoms with Gasteiger partial charge in [-0.05, 0) is 36.6 Å². The van der Waals surface area contributed by atoms with Crippen molar-refractivity contribution in [3.63, 3.8) is 0 Å². The predicted molar refractivity (Wildman–Crippen MR) is 63.2 cm³/mol. The molecular formula is C12H11FN2O3. The topological polar surface area (TPSA) is 85.9 Å². The summed E-state index contributed by atoms with van der Waals surface area (Å²) in [6.07, 6.45) is 0.731. The average Bonchev–Trinajstić information content (AvgIpc) is 2.34. The van der Waals surface area contributed by atoms with Crippen LogP contribution in [0.5, 0.6) is 5.75 Å². The molecule has 0 unspecified atom stereocenters. The van der Waals surface area contributed by atoms with Crippen molar-refractivity contribution >= 4 is 0 Å². The van der Waals surface area contributed by atoms with Gasteiger partial charge in [0, 0.05) is 11.8 Å². The van der Waals surface area contributed by atoms with Crippen molar-refractivity contribution in [1.29, 1.82) is 0 Å². The number of aromatic nitrogens is 2. The normalized spacial score (nSPS) is 10.5. The van der Waals surface area contributed by atoms with Gasteiger partial charge in [-0.25, -0.2) is 4.39 Å². The Labute approximate surface area is 101 Å². The standard InChI is InChI=1S/C12H11FN2O3/c13-8-2-4-10(16)7(5-8)1-3-9-6-11(17)12(18)15-14-9/h2,4-6,16H,1,3H2,(H,14,17)(H,15,18). The van der Waals surface area contributed by atoms with E-state index >= 15 is 0 Å². The van der Waals surface area contributed by atoms with Crippen molar-refractivity contribution in [2.75, 3.05) is 0 Å². The molecule has 2 rings (SSSR count). The van der Waals surface area contributed by atoms with Crippen LogP contribution in [0.3, 0.4) is 0 Å². The quantitative estimate of drug-likeness (QED) is 0.701. The molecule has 0 spiro atoms. The summed E-state index contributed by atoms with van der Waals surface area (Å²) in [6.45, 7) is 0. The molecule has 94 valence electrons. The number of benzene rings is 1. The minimum absolute atomic E-state index is 0.00294. The molecule has 0 atom stereocenters. The first-order valence-corrected chi connectivity index (χ1v) is 5.34. The zero-order chi connectivity index (χ0) is 13.1. The fourth-order valence-electron chi connectivity index (χ4n) is 1.62. The molecule has 0 fully saturated rings. The van der Waals surface area contributed by atoms with E-state index < -0.39 is 16.8 Å². The van der Waals surface area contributed by atoms with Gasteiger partial charge < -0.3 is 10.2 Å². The first-order chi connectivity index (χ1) is 8.56. The molecule has 0 aliphatic rings. The number of phenols is 1. The number of H-pyrrole nitrogens is 2. The van der Waals surface area contributed by atoms with E-state index in [0.29, 0.717) is 24.1 Å². The highest BCUT2D eigenvalue weighted by atomic mass is 19.1. The van der Waals surface area contributed by atoms with Crippen LogP contribution in [0.15, 0.2) is 33.9 Å². The van der Waals surface area contributed by atoms with Crippen LogP contribution in [0, 0.1) is 5.82 Å². The second-order valence-electron chi connectivity index (χ2n) is 3.89. The zero-order valence-electron chi connectivity index (χ0n) is 9.37. The van der Waals surface area contributed by atoms with E-state index in [1.54, 1.807) is 0 Å². The van der Waals surface area contributed by atoms with E-state index in [0.717, 1.165) is 0 Å². The second kappa shape index (κ2) is 4.87. The summed E-state index contributed by atoms with van der Waals surface area (Å²) in [5.74, 6) is -0.430. The van der Waals surface area contributed by atoms with Gasteiger partial charge in [0.2, 0.25) is 5.43 Å². The highest BCUT2D eigenvalue weighted by molar-refractivity contribution is 5.33. The molecule has 0 aliphatic carbocycles. The summed E-state index contributed by atoms with van der Waals surface area (Å²) in [6, 6.07) is 4.87. The minimum atomic E-state index is -0.715. The highest BCUT2D eigenvalue weighted by Crippen LogP contribution is 2.19. The maximum Gasteiger partial charge on any atom is 0.310 e. The van der Waals surface area contributed by atoms with Gasteiger partial charge in [-0.2, -0.15) is 0 Å². The zero-order valence-corrected chi connectivity index (χ0v) is 9.37. The molecule has 6 heteroatoms. The number of aromatic hydroxyl groups is 1. The van der Waals surface area contributed by atoms with Crippen LogP contribution in [0.1, 0.15) is 11.3 Å². The van der Waals surface area contributed by atoms with E-state index in [1.807, 2.05) is 0 Å². The van der Waals surface area contributed by atoms with Crippen LogP contribution in [-0.4, -0.2) is 15.3 Å².